The van der Waals surface area contributed by atoms with E-state index in [1.807, 2.05) is 23.6 Å². The van der Waals surface area contributed by atoms with Gasteiger partial charge < -0.3 is 5.32 Å². The van der Waals surface area contributed by atoms with Crippen LogP contribution in [0.1, 0.15) is 20.8 Å². The van der Waals surface area contributed by atoms with Gasteiger partial charge in [0.2, 0.25) is 5.91 Å². The first-order valence-corrected chi connectivity index (χ1v) is 8.52. The lowest BCUT2D eigenvalue weighted by atomic mass is 10.0. The second-order valence-corrected chi connectivity index (χ2v) is 7.38. The van der Waals surface area contributed by atoms with Crippen LogP contribution in [0.5, 0.6) is 0 Å². The summed E-state index contributed by atoms with van der Waals surface area (Å²) in [6.45, 7) is 0. The average molecular weight is 422 g/mol. The Bertz CT molecular complexity index is 671. The number of rotatable bonds is 2. The Kier molecular flexibility index (Phi) is 3.73. The standard InChI is InChI=1S/C13H8Br2ClNOS/c14-8-1-2-19-13(8)12(15)7-3-6-4-11(18)17-10(6)5-9(7)16/h1-3,5,12H,4H2,(H,17,18). The molecular formula is C13H8Br2ClNOS. The molecular weight excluding hydrogens is 413 g/mol. The van der Waals surface area contributed by atoms with Crippen molar-refractivity contribution in [3.05, 3.63) is 49.1 Å². The van der Waals surface area contributed by atoms with Crippen molar-refractivity contribution in [1.29, 1.82) is 0 Å². The Balaban J connectivity index is 2.05. The fourth-order valence-corrected chi connectivity index (χ4v) is 5.34. The van der Waals surface area contributed by atoms with Crippen LogP contribution in [0, 0.1) is 0 Å². The number of carbonyl (C=O) groups excluding carboxylic acids is 1. The summed E-state index contributed by atoms with van der Waals surface area (Å²) in [5, 5.41) is 5.49. The molecule has 0 spiro atoms. The van der Waals surface area contributed by atoms with Crippen LogP contribution in [-0.2, 0) is 11.2 Å². The van der Waals surface area contributed by atoms with Gasteiger partial charge in [-0.3, -0.25) is 4.79 Å². The van der Waals surface area contributed by atoms with Crippen molar-refractivity contribution in [2.24, 2.45) is 0 Å². The number of thiophene rings is 1. The lowest BCUT2D eigenvalue weighted by Gasteiger charge is -2.13. The SMILES string of the molecule is O=C1Cc2cc(C(Br)c3sccc3Br)c(Cl)cc2N1. The van der Waals surface area contributed by atoms with Crippen molar-refractivity contribution in [2.45, 2.75) is 11.2 Å². The molecule has 1 N–H and O–H groups in total. The molecule has 1 aliphatic rings. The molecule has 1 atom stereocenters. The molecule has 19 heavy (non-hydrogen) atoms. The number of benzene rings is 1. The predicted molar refractivity (Wildman–Crippen MR) is 86.6 cm³/mol. The van der Waals surface area contributed by atoms with Crippen LogP contribution in [0.25, 0.3) is 0 Å². The average Bonchev–Trinajstić information content (AvgIpc) is 2.92. The van der Waals surface area contributed by atoms with Crippen molar-refractivity contribution in [1.82, 2.24) is 0 Å². The molecule has 1 unspecified atom stereocenters. The summed E-state index contributed by atoms with van der Waals surface area (Å²) < 4.78 is 1.06. The van der Waals surface area contributed by atoms with Gasteiger partial charge in [-0.1, -0.05) is 33.6 Å². The second kappa shape index (κ2) is 5.20. The van der Waals surface area contributed by atoms with E-state index in [2.05, 4.69) is 37.2 Å². The Hall–Kier alpha value is -0.360. The first-order valence-electron chi connectivity index (χ1n) is 5.55. The number of fused-ring (bicyclic) bond motifs is 1. The molecule has 0 fully saturated rings. The van der Waals surface area contributed by atoms with Crippen molar-refractivity contribution < 1.29 is 4.79 Å². The van der Waals surface area contributed by atoms with E-state index in [1.54, 1.807) is 11.3 Å². The summed E-state index contributed by atoms with van der Waals surface area (Å²) in [6, 6.07) is 5.84. The summed E-state index contributed by atoms with van der Waals surface area (Å²) in [5.74, 6) is 0.0200. The lowest BCUT2D eigenvalue weighted by Crippen LogP contribution is -2.03. The van der Waals surface area contributed by atoms with Gasteiger partial charge >= 0.3 is 0 Å². The van der Waals surface area contributed by atoms with E-state index in [4.69, 9.17) is 11.6 Å². The van der Waals surface area contributed by atoms with Crippen LogP contribution in [0.15, 0.2) is 28.1 Å². The molecule has 1 aromatic carbocycles. The molecule has 98 valence electrons. The zero-order valence-corrected chi connectivity index (χ0v) is 14.3. The van der Waals surface area contributed by atoms with E-state index in [0.29, 0.717) is 11.4 Å². The van der Waals surface area contributed by atoms with Crippen LogP contribution in [0.4, 0.5) is 5.69 Å². The van der Waals surface area contributed by atoms with Crippen LogP contribution in [-0.4, -0.2) is 5.91 Å². The zero-order chi connectivity index (χ0) is 13.6. The Morgan fingerprint density at radius 1 is 1.42 bits per heavy atom. The van der Waals surface area contributed by atoms with E-state index >= 15 is 0 Å². The lowest BCUT2D eigenvalue weighted by molar-refractivity contribution is -0.115. The number of halogens is 3. The highest BCUT2D eigenvalue weighted by Crippen LogP contribution is 2.43. The maximum absolute atomic E-state index is 11.4. The van der Waals surface area contributed by atoms with Gasteiger partial charge in [0.15, 0.2) is 0 Å². The van der Waals surface area contributed by atoms with Gasteiger partial charge in [-0.15, -0.1) is 11.3 Å². The highest BCUT2D eigenvalue weighted by Gasteiger charge is 2.23. The topological polar surface area (TPSA) is 29.1 Å². The van der Waals surface area contributed by atoms with Gasteiger partial charge in [-0.25, -0.2) is 0 Å². The number of alkyl halides is 1. The third-order valence-corrected chi connectivity index (χ3v) is 6.51. The Morgan fingerprint density at radius 2 is 2.21 bits per heavy atom. The zero-order valence-electron chi connectivity index (χ0n) is 9.54. The van der Waals surface area contributed by atoms with Crippen molar-refractivity contribution in [2.75, 3.05) is 5.32 Å². The molecule has 1 amide bonds. The maximum Gasteiger partial charge on any atom is 0.228 e. The molecule has 1 aromatic heterocycles. The smallest absolute Gasteiger partial charge is 0.228 e. The summed E-state index contributed by atoms with van der Waals surface area (Å²) in [7, 11) is 0. The van der Waals surface area contributed by atoms with Gasteiger partial charge in [0.25, 0.3) is 0 Å². The van der Waals surface area contributed by atoms with Crippen molar-refractivity contribution >= 4 is 66.4 Å². The van der Waals surface area contributed by atoms with Crippen LogP contribution in [0.2, 0.25) is 5.02 Å². The van der Waals surface area contributed by atoms with Crippen molar-refractivity contribution in [3.63, 3.8) is 0 Å². The van der Waals surface area contributed by atoms with E-state index in [-0.39, 0.29) is 10.7 Å². The van der Waals surface area contributed by atoms with Gasteiger partial charge in [0.1, 0.15) is 0 Å². The Morgan fingerprint density at radius 3 is 2.89 bits per heavy atom. The number of nitrogens with one attached hydrogen (secondary N) is 1. The van der Waals surface area contributed by atoms with E-state index in [1.165, 1.54) is 4.88 Å². The molecule has 2 nitrogen and oxygen atoms in total. The van der Waals surface area contributed by atoms with Gasteiger partial charge in [0, 0.05) is 20.1 Å². The predicted octanol–water partition coefficient (Wildman–Crippen LogP) is 5.14. The second-order valence-electron chi connectivity index (χ2n) is 4.25. The third-order valence-electron chi connectivity index (χ3n) is 3.00. The molecule has 0 saturated heterocycles. The number of carbonyl (C=O) groups is 1. The van der Waals surface area contributed by atoms with E-state index < -0.39 is 0 Å². The van der Waals surface area contributed by atoms with E-state index in [0.717, 1.165) is 21.3 Å². The summed E-state index contributed by atoms with van der Waals surface area (Å²) >= 11 is 15.2. The quantitative estimate of drug-likeness (QED) is 0.668. The molecule has 6 heteroatoms. The first-order chi connectivity index (χ1) is 9.06. The first kappa shape index (κ1) is 13.6. The summed E-state index contributed by atoms with van der Waals surface area (Å²) in [4.78, 5) is 12.6. The largest absolute Gasteiger partial charge is 0.325 e. The molecule has 0 bridgehead atoms. The molecule has 0 radical (unpaired) electrons. The molecule has 1 aliphatic heterocycles. The van der Waals surface area contributed by atoms with Gasteiger partial charge in [-0.05, 0) is 44.6 Å². The maximum atomic E-state index is 11.4. The molecule has 2 aromatic rings. The number of hydrogen-bond donors (Lipinski definition) is 1. The fraction of sp³-hybridized carbons (Fsp3) is 0.154. The molecule has 0 aliphatic carbocycles. The van der Waals surface area contributed by atoms with E-state index in [9.17, 15) is 4.79 Å². The molecule has 0 saturated carbocycles. The number of amides is 1. The summed E-state index contributed by atoms with van der Waals surface area (Å²) in [5.41, 5.74) is 2.81. The molecule has 3 rings (SSSR count). The minimum absolute atomic E-state index is 0.0200. The minimum Gasteiger partial charge on any atom is -0.325 e. The van der Waals surface area contributed by atoms with Crippen LogP contribution >= 0.6 is 54.8 Å². The highest BCUT2D eigenvalue weighted by molar-refractivity contribution is 9.11. The molecule has 2 heterocycles. The minimum atomic E-state index is 0.0200. The Labute approximate surface area is 136 Å². The highest BCUT2D eigenvalue weighted by atomic mass is 79.9. The van der Waals surface area contributed by atoms with Gasteiger partial charge in [-0.2, -0.15) is 0 Å². The third kappa shape index (κ3) is 2.49. The number of anilines is 1. The normalized spacial score (nSPS) is 15.2. The fourth-order valence-electron chi connectivity index (χ4n) is 2.09. The van der Waals surface area contributed by atoms with Crippen LogP contribution in [0.3, 0.4) is 0 Å². The summed E-state index contributed by atoms with van der Waals surface area (Å²) in [6.07, 6.45) is 0.421. The van der Waals surface area contributed by atoms with Crippen LogP contribution < -0.4 is 5.32 Å². The number of hydrogen-bond acceptors (Lipinski definition) is 2. The van der Waals surface area contributed by atoms with Gasteiger partial charge in [0.05, 0.1) is 11.2 Å². The van der Waals surface area contributed by atoms with Crippen molar-refractivity contribution in [3.8, 4) is 0 Å². The monoisotopic (exact) mass is 419 g/mol.